The van der Waals surface area contributed by atoms with E-state index in [9.17, 15) is 9.59 Å². The summed E-state index contributed by atoms with van der Waals surface area (Å²) >= 11 is 11.0. The van der Waals surface area contributed by atoms with Gasteiger partial charge in [0, 0.05) is 17.1 Å². The number of nitrogens with one attached hydrogen (secondary N) is 4. The standard InChI is InChI=1S/C20H23ClN4O2S/c1-13-4-3-5-16(12-13)19(27)23-14(2)18(26)24-25-20(28)22-11-10-15-6-8-17(21)9-7-15/h3-9,12,14H,10-11H2,1-2H3,(H,23,27)(H,24,26)(H2,22,25,28)/t14-/m0/s1. The summed E-state index contributed by atoms with van der Waals surface area (Å²) in [6.45, 7) is 4.10. The largest absolute Gasteiger partial charge is 0.361 e. The van der Waals surface area contributed by atoms with Crippen molar-refractivity contribution < 1.29 is 9.59 Å². The van der Waals surface area contributed by atoms with Gasteiger partial charge in [-0.3, -0.25) is 20.4 Å². The van der Waals surface area contributed by atoms with E-state index < -0.39 is 11.9 Å². The van der Waals surface area contributed by atoms with Crippen LogP contribution >= 0.6 is 23.8 Å². The lowest BCUT2D eigenvalue weighted by Crippen LogP contribution is -2.53. The van der Waals surface area contributed by atoms with Gasteiger partial charge in [0.2, 0.25) is 0 Å². The summed E-state index contributed by atoms with van der Waals surface area (Å²) in [6.07, 6.45) is 0.760. The molecule has 148 valence electrons. The van der Waals surface area contributed by atoms with Crippen molar-refractivity contribution >= 4 is 40.7 Å². The molecular formula is C20H23ClN4O2S. The number of carbonyl (C=O) groups excluding carboxylic acids is 2. The van der Waals surface area contributed by atoms with Crippen molar-refractivity contribution in [2.24, 2.45) is 0 Å². The van der Waals surface area contributed by atoms with Crippen LogP contribution in [0.25, 0.3) is 0 Å². The smallest absolute Gasteiger partial charge is 0.260 e. The molecule has 2 aromatic rings. The van der Waals surface area contributed by atoms with Gasteiger partial charge in [-0.05, 0) is 62.3 Å². The molecule has 0 saturated heterocycles. The Labute approximate surface area is 175 Å². The van der Waals surface area contributed by atoms with Gasteiger partial charge >= 0.3 is 0 Å². The summed E-state index contributed by atoms with van der Waals surface area (Å²) in [5, 5.41) is 6.63. The summed E-state index contributed by atoms with van der Waals surface area (Å²) in [4.78, 5) is 24.3. The zero-order valence-corrected chi connectivity index (χ0v) is 17.3. The van der Waals surface area contributed by atoms with Crippen LogP contribution in [0.15, 0.2) is 48.5 Å². The number of carbonyl (C=O) groups is 2. The topological polar surface area (TPSA) is 82.3 Å². The van der Waals surface area contributed by atoms with E-state index in [0.717, 1.165) is 17.5 Å². The van der Waals surface area contributed by atoms with Crippen molar-refractivity contribution in [1.82, 2.24) is 21.5 Å². The van der Waals surface area contributed by atoms with Crippen LogP contribution in [0.1, 0.15) is 28.4 Å². The minimum absolute atomic E-state index is 0.291. The number of benzene rings is 2. The quantitative estimate of drug-likeness (QED) is 0.428. The van der Waals surface area contributed by atoms with Gasteiger partial charge in [0.25, 0.3) is 11.8 Å². The Bertz CT molecular complexity index is 842. The molecule has 28 heavy (non-hydrogen) atoms. The lowest BCUT2D eigenvalue weighted by atomic mass is 10.1. The maximum absolute atomic E-state index is 12.2. The molecule has 0 aliphatic heterocycles. The van der Waals surface area contributed by atoms with E-state index in [1.54, 1.807) is 25.1 Å². The molecule has 0 unspecified atom stereocenters. The maximum Gasteiger partial charge on any atom is 0.260 e. The van der Waals surface area contributed by atoms with Crippen molar-refractivity contribution in [3.63, 3.8) is 0 Å². The highest BCUT2D eigenvalue weighted by molar-refractivity contribution is 7.80. The molecule has 4 N–H and O–H groups in total. The molecule has 6 nitrogen and oxygen atoms in total. The van der Waals surface area contributed by atoms with Crippen molar-refractivity contribution in [3.8, 4) is 0 Å². The lowest BCUT2D eigenvalue weighted by Gasteiger charge is -2.16. The molecular weight excluding hydrogens is 396 g/mol. The van der Waals surface area contributed by atoms with Gasteiger partial charge in [-0.1, -0.05) is 41.4 Å². The third kappa shape index (κ3) is 7.17. The summed E-state index contributed by atoms with van der Waals surface area (Å²) in [7, 11) is 0. The fourth-order valence-electron chi connectivity index (χ4n) is 2.37. The molecule has 1 atom stereocenters. The molecule has 0 saturated carbocycles. The Balaban J connectivity index is 1.69. The number of hydrogen-bond donors (Lipinski definition) is 4. The first-order valence-electron chi connectivity index (χ1n) is 8.81. The third-order valence-electron chi connectivity index (χ3n) is 3.93. The van der Waals surface area contributed by atoms with E-state index in [-0.39, 0.29) is 5.91 Å². The van der Waals surface area contributed by atoms with Crippen LogP contribution in [-0.2, 0) is 11.2 Å². The first kappa shape index (κ1) is 21.7. The number of rotatable bonds is 6. The van der Waals surface area contributed by atoms with Crippen LogP contribution in [0.5, 0.6) is 0 Å². The number of hydrogen-bond acceptors (Lipinski definition) is 3. The Hall–Kier alpha value is -2.64. The Morgan fingerprint density at radius 3 is 2.50 bits per heavy atom. The predicted molar refractivity (Wildman–Crippen MR) is 115 cm³/mol. The predicted octanol–water partition coefficient (Wildman–Crippen LogP) is 2.50. The van der Waals surface area contributed by atoms with Crippen LogP contribution in [-0.4, -0.2) is 29.5 Å². The fraction of sp³-hybridized carbons (Fsp3) is 0.250. The van der Waals surface area contributed by atoms with Gasteiger partial charge in [0.15, 0.2) is 5.11 Å². The van der Waals surface area contributed by atoms with Gasteiger partial charge in [0.1, 0.15) is 6.04 Å². The highest BCUT2D eigenvalue weighted by atomic mass is 35.5. The minimum atomic E-state index is -0.725. The Kier molecular flexibility index (Phi) is 8.22. The molecule has 0 bridgehead atoms. The maximum atomic E-state index is 12.2. The number of aryl methyl sites for hydroxylation is 1. The summed E-state index contributed by atoms with van der Waals surface area (Å²) in [5.41, 5.74) is 7.71. The molecule has 0 heterocycles. The molecule has 0 radical (unpaired) electrons. The van der Waals surface area contributed by atoms with Gasteiger partial charge in [-0.15, -0.1) is 0 Å². The van der Waals surface area contributed by atoms with Crippen LogP contribution < -0.4 is 21.5 Å². The molecule has 2 aromatic carbocycles. The summed E-state index contributed by atoms with van der Waals surface area (Å²) in [6, 6.07) is 14.0. The zero-order valence-electron chi connectivity index (χ0n) is 15.7. The minimum Gasteiger partial charge on any atom is -0.361 e. The monoisotopic (exact) mass is 418 g/mol. The van der Waals surface area contributed by atoms with Crippen molar-refractivity contribution in [2.75, 3.05) is 6.54 Å². The fourth-order valence-corrected chi connectivity index (χ4v) is 2.65. The molecule has 0 aliphatic carbocycles. The third-order valence-corrected chi connectivity index (χ3v) is 4.43. The number of hydrazine groups is 1. The second kappa shape index (κ2) is 10.6. The van der Waals surface area contributed by atoms with Crippen molar-refractivity contribution in [2.45, 2.75) is 26.3 Å². The van der Waals surface area contributed by atoms with E-state index in [1.807, 2.05) is 37.3 Å². The van der Waals surface area contributed by atoms with Crippen LogP contribution in [0.4, 0.5) is 0 Å². The molecule has 8 heteroatoms. The molecule has 0 spiro atoms. The lowest BCUT2D eigenvalue weighted by molar-refractivity contribution is -0.123. The van der Waals surface area contributed by atoms with E-state index in [2.05, 4.69) is 21.5 Å². The zero-order chi connectivity index (χ0) is 20.5. The van der Waals surface area contributed by atoms with E-state index in [1.165, 1.54) is 0 Å². The number of halogens is 1. The van der Waals surface area contributed by atoms with Crippen molar-refractivity contribution in [3.05, 3.63) is 70.2 Å². The highest BCUT2D eigenvalue weighted by Gasteiger charge is 2.16. The molecule has 0 fully saturated rings. The number of thiocarbonyl (C=S) groups is 1. The first-order valence-corrected chi connectivity index (χ1v) is 9.59. The second-order valence-electron chi connectivity index (χ2n) is 6.31. The number of amides is 2. The van der Waals surface area contributed by atoms with E-state index in [4.69, 9.17) is 23.8 Å². The molecule has 2 rings (SSSR count). The van der Waals surface area contributed by atoms with Gasteiger partial charge in [-0.25, -0.2) is 0 Å². The van der Waals surface area contributed by atoms with Crippen LogP contribution in [0.2, 0.25) is 5.02 Å². The van der Waals surface area contributed by atoms with E-state index >= 15 is 0 Å². The van der Waals surface area contributed by atoms with Gasteiger partial charge in [0.05, 0.1) is 0 Å². The van der Waals surface area contributed by atoms with E-state index in [0.29, 0.717) is 22.2 Å². The average Bonchev–Trinajstić information content (AvgIpc) is 2.67. The normalized spacial score (nSPS) is 11.2. The Morgan fingerprint density at radius 1 is 1.11 bits per heavy atom. The summed E-state index contributed by atoms with van der Waals surface area (Å²) < 4.78 is 0. The van der Waals surface area contributed by atoms with Crippen molar-refractivity contribution in [1.29, 1.82) is 0 Å². The molecule has 0 aromatic heterocycles. The summed E-state index contributed by atoms with van der Waals surface area (Å²) in [5.74, 6) is -0.710. The first-order chi connectivity index (χ1) is 13.3. The molecule has 2 amide bonds. The SMILES string of the molecule is Cc1cccc(C(=O)N[C@@H](C)C(=O)NNC(=S)NCCc2ccc(Cl)cc2)c1. The average molecular weight is 419 g/mol. The highest BCUT2D eigenvalue weighted by Crippen LogP contribution is 2.09. The van der Waals surface area contributed by atoms with Crippen LogP contribution in [0, 0.1) is 6.92 Å². The molecule has 0 aliphatic rings. The van der Waals surface area contributed by atoms with Crippen LogP contribution in [0.3, 0.4) is 0 Å². The van der Waals surface area contributed by atoms with Gasteiger partial charge in [-0.2, -0.15) is 0 Å². The second-order valence-corrected chi connectivity index (χ2v) is 7.16. The van der Waals surface area contributed by atoms with Gasteiger partial charge < -0.3 is 10.6 Å². The Morgan fingerprint density at radius 2 is 1.82 bits per heavy atom.